The Morgan fingerprint density at radius 1 is 1.25 bits per heavy atom. The lowest BCUT2D eigenvalue weighted by Gasteiger charge is -2.03. The van der Waals surface area contributed by atoms with Crippen LogP contribution in [0.3, 0.4) is 0 Å². The van der Waals surface area contributed by atoms with Crippen molar-refractivity contribution in [3.05, 3.63) is 41.3 Å². The third kappa shape index (κ3) is 2.30. The van der Waals surface area contributed by atoms with Crippen molar-refractivity contribution in [1.29, 1.82) is 0 Å². The quantitative estimate of drug-likeness (QED) is 0.778. The van der Waals surface area contributed by atoms with Crippen molar-refractivity contribution in [3.8, 4) is 0 Å². The van der Waals surface area contributed by atoms with Crippen LogP contribution in [0.2, 0.25) is 0 Å². The van der Waals surface area contributed by atoms with E-state index in [1.165, 1.54) is 11.3 Å². The van der Waals surface area contributed by atoms with Crippen molar-refractivity contribution in [2.24, 2.45) is 0 Å². The summed E-state index contributed by atoms with van der Waals surface area (Å²) in [5, 5.41) is 7.58. The van der Waals surface area contributed by atoms with Crippen molar-refractivity contribution in [2.75, 3.05) is 4.72 Å². The number of aromatic nitrogens is 2. The van der Waals surface area contributed by atoms with Crippen molar-refractivity contribution >= 4 is 38.1 Å². The second kappa shape index (κ2) is 4.92. The first-order chi connectivity index (χ1) is 9.60. The van der Waals surface area contributed by atoms with E-state index in [9.17, 15) is 8.42 Å². The maximum atomic E-state index is 12.3. The zero-order chi connectivity index (χ0) is 14.2. The molecule has 0 unspecified atom stereocenters. The highest BCUT2D eigenvalue weighted by atomic mass is 32.2. The van der Waals surface area contributed by atoms with E-state index in [1.807, 2.05) is 37.3 Å². The normalized spacial score (nSPS) is 11.8. The smallest absolute Gasteiger partial charge is 0.272 e. The average Bonchev–Trinajstić information content (AvgIpc) is 3.06. The first-order valence-corrected chi connectivity index (χ1v) is 8.45. The van der Waals surface area contributed by atoms with Gasteiger partial charge in [-0.05, 0) is 30.7 Å². The molecule has 0 saturated heterocycles. The fourth-order valence-electron chi connectivity index (χ4n) is 1.91. The van der Waals surface area contributed by atoms with E-state index in [-0.39, 0.29) is 0 Å². The summed E-state index contributed by atoms with van der Waals surface area (Å²) in [5.41, 5.74) is 0.797. The Hall–Kier alpha value is -1.86. The monoisotopic (exact) mass is 307 g/mol. The number of para-hydroxylation sites is 1. The molecule has 104 valence electrons. The Labute approximate surface area is 120 Å². The highest BCUT2D eigenvalue weighted by Crippen LogP contribution is 2.26. The lowest BCUT2D eigenvalue weighted by molar-refractivity contribution is 0.603. The molecule has 2 heterocycles. The van der Waals surface area contributed by atoms with Gasteiger partial charge in [0.05, 0.1) is 5.52 Å². The summed E-state index contributed by atoms with van der Waals surface area (Å²) in [7, 11) is -3.58. The van der Waals surface area contributed by atoms with Gasteiger partial charge in [-0.3, -0.25) is 9.82 Å². The third-order valence-corrected chi connectivity index (χ3v) is 6.01. The van der Waals surface area contributed by atoms with E-state index < -0.39 is 10.0 Å². The van der Waals surface area contributed by atoms with Crippen LogP contribution < -0.4 is 4.72 Å². The summed E-state index contributed by atoms with van der Waals surface area (Å²) in [4.78, 5) is 1.04. The molecule has 0 bridgehead atoms. The molecule has 0 saturated carbocycles. The fraction of sp³-hybridized carbons (Fsp3) is 0.154. The van der Waals surface area contributed by atoms with E-state index in [2.05, 4.69) is 14.9 Å². The van der Waals surface area contributed by atoms with Crippen LogP contribution in [0, 0.1) is 0 Å². The van der Waals surface area contributed by atoms with Gasteiger partial charge in [-0.15, -0.1) is 11.3 Å². The number of sulfonamides is 1. The van der Waals surface area contributed by atoms with Crippen LogP contribution in [0.5, 0.6) is 0 Å². The lowest BCUT2D eigenvalue weighted by atomic mass is 10.2. The Morgan fingerprint density at radius 2 is 2.05 bits per heavy atom. The van der Waals surface area contributed by atoms with Crippen molar-refractivity contribution in [2.45, 2.75) is 17.6 Å². The second-order valence-electron chi connectivity index (χ2n) is 4.30. The van der Waals surface area contributed by atoms with Gasteiger partial charge < -0.3 is 0 Å². The minimum Gasteiger partial charge on any atom is -0.276 e. The van der Waals surface area contributed by atoms with Crippen molar-refractivity contribution < 1.29 is 8.42 Å². The number of rotatable bonds is 4. The van der Waals surface area contributed by atoms with Gasteiger partial charge in [-0.2, -0.15) is 5.10 Å². The number of benzene rings is 1. The molecule has 0 amide bonds. The molecule has 0 atom stereocenters. The van der Waals surface area contributed by atoms with Gasteiger partial charge in [-0.1, -0.05) is 19.1 Å². The number of fused-ring (bicyclic) bond motifs is 1. The Kier molecular flexibility index (Phi) is 3.23. The van der Waals surface area contributed by atoms with Crippen LogP contribution in [0.15, 0.2) is 40.6 Å². The maximum Gasteiger partial charge on any atom is 0.272 e. The van der Waals surface area contributed by atoms with Gasteiger partial charge >= 0.3 is 0 Å². The number of nitrogens with zero attached hydrogens (tertiary/aromatic N) is 1. The summed E-state index contributed by atoms with van der Waals surface area (Å²) < 4.78 is 27.5. The summed E-state index contributed by atoms with van der Waals surface area (Å²) in [6.07, 6.45) is 0.825. The van der Waals surface area contributed by atoms with Gasteiger partial charge in [0, 0.05) is 10.3 Å². The zero-order valence-electron chi connectivity index (χ0n) is 10.8. The molecule has 0 aliphatic rings. The molecule has 7 heteroatoms. The molecule has 2 aromatic heterocycles. The number of aromatic amines is 1. The molecular formula is C13H13N3O2S2. The van der Waals surface area contributed by atoms with Crippen LogP contribution in [0.1, 0.15) is 11.8 Å². The molecule has 0 radical (unpaired) electrons. The molecule has 20 heavy (non-hydrogen) atoms. The third-order valence-electron chi connectivity index (χ3n) is 2.95. The predicted molar refractivity (Wildman–Crippen MR) is 80.6 cm³/mol. The SMILES string of the molecule is CCc1ccc(S(=O)(=O)Nc2n[nH]c3ccccc23)s1. The van der Waals surface area contributed by atoms with Crippen LogP contribution in [0.4, 0.5) is 5.82 Å². The first-order valence-electron chi connectivity index (χ1n) is 6.15. The number of H-pyrrole nitrogens is 1. The van der Waals surface area contributed by atoms with Crippen molar-refractivity contribution in [1.82, 2.24) is 10.2 Å². The van der Waals surface area contributed by atoms with Crippen LogP contribution in [-0.2, 0) is 16.4 Å². The molecule has 0 aliphatic heterocycles. The number of hydrogen-bond acceptors (Lipinski definition) is 4. The number of thiophene rings is 1. The number of hydrogen-bond donors (Lipinski definition) is 2. The van der Waals surface area contributed by atoms with E-state index in [0.29, 0.717) is 10.0 Å². The molecule has 0 spiro atoms. The van der Waals surface area contributed by atoms with E-state index in [1.54, 1.807) is 6.07 Å². The van der Waals surface area contributed by atoms with Crippen LogP contribution in [-0.4, -0.2) is 18.6 Å². The molecule has 1 aromatic carbocycles. The first kappa shape index (κ1) is 13.1. The summed E-state index contributed by atoms with van der Waals surface area (Å²) in [6.45, 7) is 2.00. The molecule has 5 nitrogen and oxygen atoms in total. The van der Waals surface area contributed by atoms with Gasteiger partial charge in [0.2, 0.25) is 0 Å². The predicted octanol–water partition coefficient (Wildman–Crippen LogP) is 2.99. The van der Waals surface area contributed by atoms with E-state index in [0.717, 1.165) is 22.2 Å². The molecule has 0 aliphatic carbocycles. The second-order valence-corrected chi connectivity index (χ2v) is 7.38. The Balaban J connectivity index is 1.97. The highest BCUT2D eigenvalue weighted by Gasteiger charge is 2.19. The fourth-order valence-corrected chi connectivity index (χ4v) is 4.23. The zero-order valence-corrected chi connectivity index (χ0v) is 12.4. The summed E-state index contributed by atoms with van der Waals surface area (Å²) in [5.74, 6) is 0.326. The number of anilines is 1. The summed E-state index contributed by atoms with van der Waals surface area (Å²) in [6, 6.07) is 10.8. The minimum absolute atomic E-state index is 0.307. The van der Waals surface area contributed by atoms with Crippen LogP contribution in [0.25, 0.3) is 10.9 Å². The van der Waals surface area contributed by atoms with E-state index >= 15 is 0 Å². The molecule has 3 aromatic rings. The number of nitrogens with one attached hydrogen (secondary N) is 2. The molecule has 3 rings (SSSR count). The Bertz CT molecular complexity index is 849. The standard InChI is InChI=1S/C13H13N3O2S2/c1-2-9-7-8-12(19-9)20(17,18)16-13-10-5-3-4-6-11(10)14-15-13/h3-8H,2H2,1H3,(H2,14,15,16). The van der Waals surface area contributed by atoms with Crippen LogP contribution >= 0.6 is 11.3 Å². The minimum atomic E-state index is -3.58. The largest absolute Gasteiger partial charge is 0.276 e. The Morgan fingerprint density at radius 3 is 2.80 bits per heavy atom. The highest BCUT2D eigenvalue weighted by molar-refractivity contribution is 7.94. The van der Waals surface area contributed by atoms with E-state index in [4.69, 9.17) is 0 Å². The van der Waals surface area contributed by atoms with Crippen molar-refractivity contribution in [3.63, 3.8) is 0 Å². The molecule has 0 fully saturated rings. The molecule has 2 N–H and O–H groups in total. The molecular weight excluding hydrogens is 294 g/mol. The van der Waals surface area contributed by atoms with Gasteiger partial charge in [0.25, 0.3) is 10.0 Å². The number of aryl methyl sites for hydroxylation is 1. The maximum absolute atomic E-state index is 12.3. The summed E-state index contributed by atoms with van der Waals surface area (Å²) >= 11 is 1.28. The topological polar surface area (TPSA) is 74.8 Å². The van der Waals surface area contributed by atoms with Gasteiger partial charge in [0.15, 0.2) is 5.82 Å². The lowest BCUT2D eigenvalue weighted by Crippen LogP contribution is -2.11. The van der Waals surface area contributed by atoms with Gasteiger partial charge in [-0.25, -0.2) is 8.42 Å². The average molecular weight is 307 g/mol. The van der Waals surface area contributed by atoms with Gasteiger partial charge in [0.1, 0.15) is 4.21 Å².